The van der Waals surface area contributed by atoms with E-state index in [0.29, 0.717) is 36.5 Å². The molecule has 8 heteroatoms. The summed E-state index contributed by atoms with van der Waals surface area (Å²) in [5, 5.41) is 13.5. The van der Waals surface area contributed by atoms with Gasteiger partial charge in [-0.25, -0.2) is 9.98 Å². The van der Waals surface area contributed by atoms with E-state index in [4.69, 9.17) is 9.15 Å². The van der Waals surface area contributed by atoms with Crippen molar-refractivity contribution in [3.05, 3.63) is 54.0 Å². The molecular formula is C18H22N6O2. The Balaban J connectivity index is 1.63. The van der Waals surface area contributed by atoms with Crippen molar-refractivity contribution in [2.45, 2.75) is 20.0 Å². The quantitative estimate of drug-likeness (QED) is 0.445. The zero-order valence-electron chi connectivity index (χ0n) is 14.8. The molecular weight excluding hydrogens is 332 g/mol. The number of furan rings is 1. The fourth-order valence-electron chi connectivity index (χ4n) is 2.40. The maximum absolute atomic E-state index is 5.36. The minimum atomic E-state index is 0.464. The number of ether oxygens (including phenoxy) is 1. The highest BCUT2D eigenvalue weighted by molar-refractivity contribution is 5.79. The Morgan fingerprint density at radius 3 is 2.88 bits per heavy atom. The first-order valence-electron chi connectivity index (χ1n) is 8.39. The summed E-state index contributed by atoms with van der Waals surface area (Å²) in [5.74, 6) is 3.37. The van der Waals surface area contributed by atoms with E-state index in [1.165, 1.54) is 0 Å². The van der Waals surface area contributed by atoms with Gasteiger partial charge in [-0.3, -0.25) is 5.10 Å². The van der Waals surface area contributed by atoms with Crippen LogP contribution in [0.2, 0.25) is 0 Å². The Bertz CT molecular complexity index is 841. The highest BCUT2D eigenvalue weighted by Crippen LogP contribution is 2.18. The van der Waals surface area contributed by atoms with E-state index in [0.717, 1.165) is 17.9 Å². The average molecular weight is 354 g/mol. The van der Waals surface area contributed by atoms with Gasteiger partial charge < -0.3 is 19.8 Å². The second-order valence-corrected chi connectivity index (χ2v) is 5.44. The molecule has 0 amide bonds. The van der Waals surface area contributed by atoms with Crippen molar-refractivity contribution < 1.29 is 9.15 Å². The second kappa shape index (κ2) is 8.70. The van der Waals surface area contributed by atoms with Crippen LogP contribution in [0.5, 0.6) is 5.75 Å². The molecule has 3 aromatic rings. The standard InChI is InChI=1S/C18H22N6O2/c1-3-19-18(20-11-13-7-4-5-8-14(13)25-2)21-12-16-22-17(24-23-16)15-9-6-10-26-15/h4-10H,3,11-12H2,1-2H3,(H2,19,20,21)(H,22,23,24). The molecule has 0 saturated heterocycles. The topological polar surface area (TPSA) is 100 Å². The molecule has 0 fully saturated rings. The molecule has 26 heavy (non-hydrogen) atoms. The minimum absolute atomic E-state index is 0.464. The number of rotatable bonds is 7. The van der Waals surface area contributed by atoms with E-state index in [-0.39, 0.29) is 0 Å². The van der Waals surface area contributed by atoms with Gasteiger partial charge >= 0.3 is 0 Å². The lowest BCUT2D eigenvalue weighted by Gasteiger charge is -2.11. The number of H-pyrrole nitrogens is 1. The molecule has 0 spiro atoms. The summed E-state index contributed by atoms with van der Waals surface area (Å²) >= 11 is 0. The van der Waals surface area contributed by atoms with Crippen LogP contribution in [0.4, 0.5) is 0 Å². The van der Waals surface area contributed by atoms with Crippen LogP contribution in [0, 0.1) is 0 Å². The van der Waals surface area contributed by atoms with Crippen molar-refractivity contribution in [2.24, 2.45) is 4.99 Å². The van der Waals surface area contributed by atoms with Crippen LogP contribution in [0.15, 0.2) is 52.1 Å². The Labute approximate surface area is 151 Å². The largest absolute Gasteiger partial charge is 0.496 e. The van der Waals surface area contributed by atoms with Gasteiger partial charge in [0.15, 0.2) is 11.7 Å². The van der Waals surface area contributed by atoms with E-state index < -0.39 is 0 Å². The van der Waals surface area contributed by atoms with Crippen LogP contribution in [0.1, 0.15) is 18.3 Å². The lowest BCUT2D eigenvalue weighted by molar-refractivity contribution is 0.410. The first-order chi connectivity index (χ1) is 12.8. The van der Waals surface area contributed by atoms with Gasteiger partial charge in [0.2, 0.25) is 5.82 Å². The van der Waals surface area contributed by atoms with Gasteiger partial charge in [-0.15, -0.1) is 5.10 Å². The van der Waals surface area contributed by atoms with E-state index in [9.17, 15) is 0 Å². The van der Waals surface area contributed by atoms with Crippen LogP contribution in [0.3, 0.4) is 0 Å². The molecule has 8 nitrogen and oxygen atoms in total. The van der Waals surface area contributed by atoms with Crippen LogP contribution in [0.25, 0.3) is 11.6 Å². The summed E-state index contributed by atoms with van der Waals surface area (Å²) in [6.45, 7) is 3.74. The fourth-order valence-corrected chi connectivity index (χ4v) is 2.40. The van der Waals surface area contributed by atoms with Crippen LogP contribution < -0.4 is 15.4 Å². The molecule has 0 aliphatic carbocycles. The number of hydrogen-bond donors (Lipinski definition) is 3. The van der Waals surface area contributed by atoms with Crippen LogP contribution >= 0.6 is 0 Å². The molecule has 136 valence electrons. The third kappa shape index (κ3) is 4.41. The number of nitrogens with zero attached hydrogens (tertiary/aromatic N) is 3. The Morgan fingerprint density at radius 2 is 2.12 bits per heavy atom. The monoisotopic (exact) mass is 354 g/mol. The van der Waals surface area contributed by atoms with E-state index in [1.807, 2.05) is 37.3 Å². The molecule has 0 atom stereocenters. The fraction of sp³-hybridized carbons (Fsp3) is 0.278. The van der Waals surface area contributed by atoms with Crippen molar-refractivity contribution in [3.63, 3.8) is 0 Å². The van der Waals surface area contributed by atoms with Gasteiger partial charge in [0.25, 0.3) is 0 Å². The summed E-state index contributed by atoms with van der Waals surface area (Å²) in [5.41, 5.74) is 1.02. The first kappa shape index (κ1) is 17.5. The van der Waals surface area contributed by atoms with Crippen molar-refractivity contribution >= 4 is 5.96 Å². The third-order valence-corrected chi connectivity index (χ3v) is 3.64. The van der Waals surface area contributed by atoms with Gasteiger partial charge in [0.1, 0.15) is 11.6 Å². The summed E-state index contributed by atoms with van der Waals surface area (Å²) in [7, 11) is 1.66. The lowest BCUT2D eigenvalue weighted by Crippen LogP contribution is -2.37. The maximum Gasteiger partial charge on any atom is 0.216 e. The molecule has 0 saturated carbocycles. The van der Waals surface area contributed by atoms with Gasteiger partial charge in [0.05, 0.1) is 26.5 Å². The summed E-state index contributed by atoms with van der Waals surface area (Å²) < 4.78 is 10.7. The highest BCUT2D eigenvalue weighted by atomic mass is 16.5. The minimum Gasteiger partial charge on any atom is -0.496 e. The van der Waals surface area contributed by atoms with Crippen molar-refractivity contribution in [1.82, 2.24) is 25.8 Å². The van der Waals surface area contributed by atoms with Gasteiger partial charge in [0, 0.05) is 12.1 Å². The number of benzene rings is 1. The summed E-state index contributed by atoms with van der Waals surface area (Å²) in [6.07, 6.45) is 1.59. The number of hydrogen-bond acceptors (Lipinski definition) is 5. The van der Waals surface area contributed by atoms with Gasteiger partial charge in [-0.2, -0.15) is 0 Å². The Morgan fingerprint density at radius 1 is 1.23 bits per heavy atom. The smallest absolute Gasteiger partial charge is 0.216 e. The number of aromatic amines is 1. The number of para-hydroxylation sites is 1. The van der Waals surface area contributed by atoms with E-state index in [1.54, 1.807) is 19.4 Å². The number of aliphatic imine (C=N–C) groups is 1. The number of methoxy groups -OCH3 is 1. The van der Waals surface area contributed by atoms with Crippen molar-refractivity contribution in [2.75, 3.05) is 13.7 Å². The molecule has 3 N–H and O–H groups in total. The lowest BCUT2D eigenvalue weighted by atomic mass is 10.2. The van der Waals surface area contributed by atoms with Gasteiger partial charge in [-0.1, -0.05) is 18.2 Å². The SMILES string of the molecule is CCNC(=NCc1ccccc1OC)NCc1nc(-c2ccco2)n[nH]1. The molecule has 2 aromatic heterocycles. The molecule has 0 radical (unpaired) electrons. The normalized spacial score (nSPS) is 11.4. The molecule has 0 aliphatic heterocycles. The Hall–Kier alpha value is -3.29. The number of aromatic nitrogens is 3. The van der Waals surface area contributed by atoms with Crippen LogP contribution in [-0.4, -0.2) is 34.8 Å². The van der Waals surface area contributed by atoms with E-state index in [2.05, 4.69) is 30.8 Å². The third-order valence-electron chi connectivity index (χ3n) is 3.64. The Kier molecular flexibility index (Phi) is 5.87. The van der Waals surface area contributed by atoms with Crippen LogP contribution in [-0.2, 0) is 13.1 Å². The zero-order valence-corrected chi connectivity index (χ0v) is 14.8. The summed E-state index contributed by atoms with van der Waals surface area (Å²) in [6, 6.07) is 11.5. The van der Waals surface area contributed by atoms with Crippen molar-refractivity contribution in [1.29, 1.82) is 0 Å². The molecule has 2 heterocycles. The number of nitrogens with one attached hydrogen (secondary N) is 3. The molecule has 1 aromatic carbocycles. The second-order valence-electron chi connectivity index (χ2n) is 5.44. The number of guanidine groups is 1. The van der Waals surface area contributed by atoms with E-state index >= 15 is 0 Å². The molecule has 0 aliphatic rings. The maximum atomic E-state index is 5.36. The predicted molar refractivity (Wildman–Crippen MR) is 98.7 cm³/mol. The average Bonchev–Trinajstić information content (AvgIpc) is 3.35. The highest BCUT2D eigenvalue weighted by Gasteiger charge is 2.09. The molecule has 3 rings (SSSR count). The first-order valence-corrected chi connectivity index (χ1v) is 8.39. The summed E-state index contributed by atoms with van der Waals surface area (Å²) in [4.78, 5) is 9.00. The van der Waals surface area contributed by atoms with Gasteiger partial charge in [-0.05, 0) is 25.1 Å². The molecule has 0 unspecified atom stereocenters. The van der Waals surface area contributed by atoms with Crippen molar-refractivity contribution in [3.8, 4) is 17.3 Å². The predicted octanol–water partition coefficient (Wildman–Crippen LogP) is 2.33. The molecule has 0 bridgehead atoms. The zero-order chi connectivity index (χ0) is 18.2.